The van der Waals surface area contributed by atoms with Gasteiger partial charge in [-0.05, 0) is 36.1 Å². The Morgan fingerprint density at radius 2 is 0.925 bits per heavy atom. The van der Waals surface area contributed by atoms with E-state index in [9.17, 15) is 0 Å². The summed E-state index contributed by atoms with van der Waals surface area (Å²) in [4.78, 5) is 0. The van der Waals surface area contributed by atoms with Crippen molar-refractivity contribution in [3.05, 3.63) is 144 Å². The van der Waals surface area contributed by atoms with Gasteiger partial charge in [0, 0.05) is 7.11 Å². The van der Waals surface area contributed by atoms with Crippen molar-refractivity contribution >= 4 is 0 Å². The van der Waals surface area contributed by atoms with E-state index in [1.54, 1.807) is 7.11 Å². The number of methoxy groups -OCH3 is 1. The summed E-state index contributed by atoms with van der Waals surface area (Å²) in [6.45, 7) is 5.53. The van der Waals surface area contributed by atoms with Gasteiger partial charge in [0.2, 0.25) is 0 Å². The van der Waals surface area contributed by atoms with Gasteiger partial charge in [-0.1, -0.05) is 121 Å². The predicted octanol–water partition coefficient (Wildman–Crippen LogP) is 6.59. The number of benzene rings is 4. The van der Waals surface area contributed by atoms with Gasteiger partial charge in [-0.15, -0.1) is 0 Å². The van der Waals surface area contributed by atoms with Crippen LogP contribution in [0, 0.1) is 0 Å². The van der Waals surface area contributed by atoms with Crippen molar-refractivity contribution in [1.29, 1.82) is 0 Å². The van der Waals surface area contributed by atoms with Gasteiger partial charge >= 0.3 is 0 Å². The fourth-order valence-corrected chi connectivity index (χ4v) is 7.04. The molecule has 3 saturated heterocycles. The molecule has 53 heavy (non-hydrogen) atoms. The molecule has 3 aliphatic rings. The summed E-state index contributed by atoms with van der Waals surface area (Å²) in [5.74, 6) is -0.780. The van der Waals surface area contributed by atoms with E-state index in [4.69, 9.17) is 47.4 Å². The summed E-state index contributed by atoms with van der Waals surface area (Å²) >= 11 is 0. The molecule has 0 aliphatic carbocycles. The molecule has 3 aliphatic heterocycles. The van der Waals surface area contributed by atoms with Crippen LogP contribution in [0.15, 0.2) is 121 Å². The first-order valence-corrected chi connectivity index (χ1v) is 18.3. The molecule has 4 aromatic carbocycles. The van der Waals surface area contributed by atoms with E-state index in [-0.39, 0.29) is 19.3 Å². The summed E-state index contributed by atoms with van der Waals surface area (Å²) < 4.78 is 64.4. The van der Waals surface area contributed by atoms with E-state index in [0.717, 1.165) is 22.3 Å². The third kappa shape index (κ3) is 9.97. The molecule has 0 bridgehead atoms. The Morgan fingerprint density at radius 3 is 1.45 bits per heavy atom. The Morgan fingerprint density at radius 1 is 0.472 bits per heavy atom. The maximum absolute atomic E-state index is 6.84. The molecule has 4 aromatic rings. The minimum absolute atomic E-state index is 0.134. The summed E-state index contributed by atoms with van der Waals surface area (Å²) in [7, 11) is 1.60. The normalized spacial score (nSPS) is 29.2. The van der Waals surface area contributed by atoms with Crippen molar-refractivity contribution in [3.63, 3.8) is 0 Å². The van der Waals surface area contributed by atoms with E-state index in [0.29, 0.717) is 26.4 Å². The second kappa shape index (κ2) is 18.2. The van der Waals surface area contributed by atoms with E-state index < -0.39 is 55.0 Å². The summed E-state index contributed by atoms with van der Waals surface area (Å²) in [6, 6.07) is 40.2. The van der Waals surface area contributed by atoms with E-state index in [1.807, 2.05) is 135 Å². The Kier molecular flexibility index (Phi) is 13.0. The van der Waals surface area contributed by atoms with Crippen LogP contribution in [0.3, 0.4) is 0 Å². The highest BCUT2D eigenvalue weighted by molar-refractivity contribution is 5.16. The second-order valence-electron chi connectivity index (χ2n) is 14.0. The van der Waals surface area contributed by atoms with Gasteiger partial charge in [0.25, 0.3) is 0 Å². The number of fused-ring (bicyclic) bond motifs is 1. The largest absolute Gasteiger partial charge is 0.374 e. The molecular weight excluding hydrogens is 676 g/mol. The first-order chi connectivity index (χ1) is 26.0. The van der Waals surface area contributed by atoms with Crippen molar-refractivity contribution in [3.8, 4) is 0 Å². The topological polar surface area (TPSA) is 92.3 Å². The van der Waals surface area contributed by atoms with Crippen molar-refractivity contribution in [1.82, 2.24) is 0 Å². The van der Waals surface area contributed by atoms with Crippen LogP contribution < -0.4 is 0 Å². The molecule has 0 saturated carbocycles. The first-order valence-electron chi connectivity index (χ1n) is 18.3. The quantitative estimate of drug-likeness (QED) is 0.119. The third-order valence-corrected chi connectivity index (χ3v) is 9.60. The van der Waals surface area contributed by atoms with E-state index in [2.05, 4.69) is 0 Å². The lowest BCUT2D eigenvalue weighted by molar-refractivity contribution is -0.333. The number of ether oxygens (including phenoxy) is 10. The molecule has 0 aromatic heterocycles. The van der Waals surface area contributed by atoms with Crippen LogP contribution in [-0.2, 0) is 73.8 Å². The van der Waals surface area contributed by atoms with Crippen LogP contribution in [0.2, 0.25) is 0 Å². The summed E-state index contributed by atoms with van der Waals surface area (Å²) in [6.07, 6.45) is -5.18. The highest BCUT2D eigenvalue weighted by Crippen LogP contribution is 2.40. The van der Waals surface area contributed by atoms with Crippen molar-refractivity contribution in [2.24, 2.45) is 0 Å². The number of hydrogen-bond donors (Lipinski definition) is 0. The lowest BCUT2D eigenvalue weighted by Gasteiger charge is -2.46. The molecule has 3 fully saturated rings. The molecule has 0 unspecified atom stereocenters. The molecule has 7 rings (SSSR count). The maximum Gasteiger partial charge on any atom is 0.187 e. The van der Waals surface area contributed by atoms with Crippen LogP contribution in [-0.4, -0.2) is 81.4 Å². The van der Waals surface area contributed by atoms with Gasteiger partial charge in [0.15, 0.2) is 18.4 Å². The minimum Gasteiger partial charge on any atom is -0.374 e. The number of rotatable bonds is 17. The molecule has 0 spiro atoms. The third-order valence-electron chi connectivity index (χ3n) is 9.60. The van der Waals surface area contributed by atoms with Crippen molar-refractivity contribution in [2.45, 2.75) is 101 Å². The molecule has 282 valence electrons. The Balaban J connectivity index is 1.17. The highest BCUT2D eigenvalue weighted by atomic mass is 16.8. The zero-order valence-electron chi connectivity index (χ0n) is 30.6. The van der Waals surface area contributed by atoms with Gasteiger partial charge in [0.05, 0.1) is 39.6 Å². The van der Waals surface area contributed by atoms with Crippen LogP contribution >= 0.6 is 0 Å². The average molecular weight is 727 g/mol. The molecular formula is C43H50O10. The van der Waals surface area contributed by atoms with Gasteiger partial charge < -0.3 is 47.4 Å². The SMILES string of the molecule is CO[C@@H]1O[C@H](CO[C@@H]2O[C@H](COCc3ccccc3)[C@@H](OCc3ccccc3)[C@H](OCc3ccccc3)[C@H]2OCc2ccccc2)[C@H]2OC(C)(C)O[C@@H]12. The standard InChI is InChI=1S/C43H50O10/c1-43(2)52-37-35(50-41(44-3)40(37)53-43)29-49-42-39(48-27-33-22-14-7-15-23-33)38(47-26-32-20-12-6-13-21-32)36(46-25-31-18-10-5-11-19-31)34(51-42)28-45-24-30-16-8-4-9-17-30/h4-23,34-42H,24-29H2,1-3H3/t34-,35-,36-,37-,38+,39-,40-,41-,42-/m1/s1. The molecule has 10 heteroatoms. The van der Waals surface area contributed by atoms with Crippen LogP contribution in [0.5, 0.6) is 0 Å². The van der Waals surface area contributed by atoms with E-state index in [1.165, 1.54) is 0 Å². The van der Waals surface area contributed by atoms with Crippen LogP contribution in [0.4, 0.5) is 0 Å². The van der Waals surface area contributed by atoms with Gasteiger partial charge in [-0.3, -0.25) is 0 Å². The average Bonchev–Trinajstić information content (AvgIpc) is 3.68. The highest BCUT2D eigenvalue weighted by Gasteiger charge is 2.56. The minimum atomic E-state index is -0.875. The summed E-state index contributed by atoms with van der Waals surface area (Å²) in [5, 5.41) is 0. The lowest BCUT2D eigenvalue weighted by atomic mass is 9.97. The Labute approximate surface area is 312 Å². The predicted molar refractivity (Wildman–Crippen MR) is 195 cm³/mol. The molecule has 0 amide bonds. The van der Waals surface area contributed by atoms with Crippen molar-refractivity contribution < 1.29 is 47.4 Å². The maximum atomic E-state index is 6.84. The van der Waals surface area contributed by atoms with Crippen molar-refractivity contribution in [2.75, 3.05) is 20.3 Å². The van der Waals surface area contributed by atoms with Crippen LogP contribution in [0.1, 0.15) is 36.1 Å². The van der Waals surface area contributed by atoms with E-state index >= 15 is 0 Å². The number of hydrogen-bond acceptors (Lipinski definition) is 10. The van der Waals surface area contributed by atoms with Gasteiger partial charge in [-0.2, -0.15) is 0 Å². The monoisotopic (exact) mass is 726 g/mol. The van der Waals surface area contributed by atoms with Gasteiger partial charge in [-0.25, -0.2) is 0 Å². The summed E-state index contributed by atoms with van der Waals surface area (Å²) in [5.41, 5.74) is 4.11. The Hall–Kier alpha value is -3.52. The zero-order chi connectivity index (χ0) is 36.5. The molecule has 3 heterocycles. The molecule has 10 nitrogen and oxygen atoms in total. The first kappa shape index (κ1) is 37.8. The Bertz CT molecular complexity index is 1640. The second-order valence-corrected chi connectivity index (χ2v) is 14.0. The molecule has 0 N–H and O–H groups in total. The fourth-order valence-electron chi connectivity index (χ4n) is 7.04. The lowest BCUT2D eigenvalue weighted by Crippen LogP contribution is -2.62. The van der Waals surface area contributed by atoms with Gasteiger partial charge in [0.1, 0.15) is 42.7 Å². The van der Waals surface area contributed by atoms with Crippen LogP contribution in [0.25, 0.3) is 0 Å². The molecule has 9 atom stereocenters. The smallest absolute Gasteiger partial charge is 0.187 e. The zero-order valence-corrected chi connectivity index (χ0v) is 30.6. The fraction of sp³-hybridized carbons (Fsp3) is 0.442. The molecule has 0 radical (unpaired) electrons.